The molecular formula is C38H67N3O8SSi2. The number of rotatable bonds is 23. The van der Waals surface area contributed by atoms with Gasteiger partial charge < -0.3 is 34.3 Å². The predicted molar refractivity (Wildman–Crippen MR) is 216 cm³/mol. The van der Waals surface area contributed by atoms with E-state index in [4.69, 9.17) is 23.7 Å². The topological polar surface area (TPSA) is 125 Å². The van der Waals surface area contributed by atoms with Crippen LogP contribution in [-0.2, 0) is 35.4 Å². The Bertz CT molecular complexity index is 1460. The number of amides is 1. The van der Waals surface area contributed by atoms with Gasteiger partial charge in [0, 0.05) is 49.5 Å². The summed E-state index contributed by atoms with van der Waals surface area (Å²) in [5.74, 6) is 0.487. The Morgan fingerprint density at radius 2 is 1.46 bits per heavy atom. The van der Waals surface area contributed by atoms with Gasteiger partial charge in [-0.3, -0.25) is 0 Å². The molecule has 0 spiro atoms. The predicted octanol–water partition coefficient (Wildman–Crippen LogP) is 7.90. The van der Waals surface area contributed by atoms with E-state index in [1.807, 2.05) is 44.2 Å². The number of hydrogen-bond donors (Lipinski definition) is 2. The Hall–Kier alpha value is -2.47. The lowest BCUT2D eigenvalue weighted by Gasteiger charge is -2.34. The van der Waals surface area contributed by atoms with E-state index in [1.54, 1.807) is 46.0 Å². The van der Waals surface area contributed by atoms with Crippen molar-refractivity contribution < 1.29 is 36.9 Å². The molecule has 0 aliphatic heterocycles. The Balaban J connectivity index is 2.46. The second-order valence-corrected chi connectivity index (χ2v) is 30.3. The first-order valence-corrected chi connectivity index (χ1v) is 27.2. The van der Waals surface area contributed by atoms with Gasteiger partial charge in [0.15, 0.2) is 6.79 Å². The zero-order valence-electron chi connectivity index (χ0n) is 33.8. The number of ether oxygens (including phenoxy) is 5. The summed E-state index contributed by atoms with van der Waals surface area (Å²) in [5, 5.41) is 6.08. The number of nitrogens with one attached hydrogen (secondary N) is 2. The zero-order chi connectivity index (χ0) is 39.2. The van der Waals surface area contributed by atoms with Crippen molar-refractivity contribution in [3.63, 3.8) is 0 Å². The summed E-state index contributed by atoms with van der Waals surface area (Å²) < 4.78 is 60.0. The quantitative estimate of drug-likeness (QED) is 0.0658. The van der Waals surface area contributed by atoms with Crippen LogP contribution in [0.5, 0.6) is 5.75 Å². The summed E-state index contributed by atoms with van der Waals surface area (Å²) in [6, 6.07) is 15.8. The van der Waals surface area contributed by atoms with E-state index in [0.717, 1.165) is 17.7 Å². The molecule has 1 amide bonds. The molecular weight excluding hydrogens is 715 g/mol. The first-order valence-electron chi connectivity index (χ1n) is 18.3. The molecule has 0 saturated carbocycles. The van der Waals surface area contributed by atoms with Gasteiger partial charge in [0.1, 0.15) is 18.1 Å². The number of sulfonamides is 1. The highest BCUT2D eigenvalue weighted by Crippen LogP contribution is 2.30. The first-order chi connectivity index (χ1) is 24.1. The molecule has 0 saturated heterocycles. The fourth-order valence-electron chi connectivity index (χ4n) is 5.03. The third kappa shape index (κ3) is 18.0. The lowest BCUT2D eigenvalue weighted by atomic mass is 10.0. The van der Waals surface area contributed by atoms with Crippen LogP contribution in [0.1, 0.15) is 40.2 Å². The van der Waals surface area contributed by atoms with Crippen molar-refractivity contribution in [2.75, 3.05) is 52.3 Å². The van der Waals surface area contributed by atoms with Crippen molar-refractivity contribution >= 4 is 38.0 Å². The highest BCUT2D eigenvalue weighted by Gasteiger charge is 2.34. The van der Waals surface area contributed by atoms with Crippen LogP contribution in [0.15, 0.2) is 53.4 Å². The minimum Gasteiger partial charge on any atom is -0.465 e. The summed E-state index contributed by atoms with van der Waals surface area (Å²) in [6.07, 6.45) is -1.02. The highest BCUT2D eigenvalue weighted by molar-refractivity contribution is 7.89. The van der Waals surface area contributed by atoms with E-state index in [-0.39, 0.29) is 37.5 Å². The van der Waals surface area contributed by atoms with E-state index >= 15 is 0 Å². The van der Waals surface area contributed by atoms with Gasteiger partial charge >= 0.3 is 6.09 Å². The van der Waals surface area contributed by atoms with Gasteiger partial charge in [-0.05, 0) is 69.0 Å². The summed E-state index contributed by atoms with van der Waals surface area (Å²) in [6.45, 7) is 24.4. The Morgan fingerprint density at radius 1 is 0.865 bits per heavy atom. The monoisotopic (exact) mass is 781 g/mol. The van der Waals surface area contributed by atoms with E-state index in [0.29, 0.717) is 31.1 Å². The number of benzene rings is 2. The average Bonchev–Trinajstić information content (AvgIpc) is 3.01. The standard InChI is InChI=1S/C38H67N3O8SSi2/c1-30(2)26-41(50(43,44)32-18-19-35(33(25-32)39-6)47-28-45-20-22-51(7,8)9)27-36(48-29-46-21-23-52(10,11)12)34(24-31-16-14-13-15-17-31)40-37(42)49-38(3,4)5/h13-19,25,30,34,36,39H,20-24,26-29H2,1-12H3,(H,40,42)/t34-,36+/m0/s1. The maximum Gasteiger partial charge on any atom is 0.407 e. The second kappa shape index (κ2) is 20.8. The molecule has 2 rings (SSSR count). The minimum absolute atomic E-state index is 0.00510. The molecule has 296 valence electrons. The molecule has 0 aromatic heterocycles. The normalized spacial score (nSPS) is 14.0. The Kier molecular flexibility index (Phi) is 18.3. The van der Waals surface area contributed by atoms with Crippen molar-refractivity contribution in [1.82, 2.24) is 9.62 Å². The fourth-order valence-corrected chi connectivity index (χ4v) is 8.19. The molecule has 0 aliphatic carbocycles. The maximum atomic E-state index is 14.5. The lowest BCUT2D eigenvalue weighted by molar-refractivity contribution is -0.100. The van der Waals surface area contributed by atoms with E-state index in [1.165, 1.54) is 4.31 Å². The Labute approximate surface area is 316 Å². The maximum absolute atomic E-state index is 14.5. The molecule has 0 aliphatic rings. The molecule has 2 N–H and O–H groups in total. The van der Waals surface area contributed by atoms with Crippen molar-refractivity contribution in [3.05, 3.63) is 54.1 Å². The average molecular weight is 782 g/mol. The molecule has 0 fully saturated rings. The smallest absolute Gasteiger partial charge is 0.407 e. The van der Waals surface area contributed by atoms with Crippen LogP contribution in [0, 0.1) is 5.92 Å². The van der Waals surface area contributed by atoms with Crippen LogP contribution in [0.25, 0.3) is 0 Å². The van der Waals surface area contributed by atoms with Gasteiger partial charge in [0.2, 0.25) is 10.0 Å². The van der Waals surface area contributed by atoms with E-state index in [2.05, 4.69) is 49.9 Å². The molecule has 2 atom stereocenters. The number of alkyl carbamates (subject to hydrolysis) is 1. The molecule has 0 radical (unpaired) electrons. The largest absolute Gasteiger partial charge is 0.465 e. The van der Waals surface area contributed by atoms with Crippen molar-refractivity contribution in [2.45, 2.75) is 115 Å². The number of nitrogens with zero attached hydrogens (tertiary/aromatic N) is 1. The molecule has 0 unspecified atom stereocenters. The molecule has 0 heterocycles. The summed E-state index contributed by atoms with van der Waals surface area (Å²) >= 11 is 0. The Morgan fingerprint density at radius 3 is 2.00 bits per heavy atom. The lowest BCUT2D eigenvalue weighted by Crippen LogP contribution is -2.53. The molecule has 2 aromatic carbocycles. The van der Waals surface area contributed by atoms with Gasteiger partial charge in [-0.1, -0.05) is 83.5 Å². The van der Waals surface area contributed by atoms with Crippen LogP contribution in [0.3, 0.4) is 0 Å². The van der Waals surface area contributed by atoms with Crippen molar-refractivity contribution in [3.8, 4) is 5.75 Å². The van der Waals surface area contributed by atoms with Crippen molar-refractivity contribution in [2.24, 2.45) is 5.92 Å². The van der Waals surface area contributed by atoms with Gasteiger partial charge in [-0.15, -0.1) is 0 Å². The summed E-state index contributed by atoms with van der Waals surface area (Å²) in [4.78, 5) is 13.3. The molecule has 11 nitrogen and oxygen atoms in total. The number of carbonyl (C=O) groups excluding carboxylic acids is 1. The second-order valence-electron chi connectivity index (χ2n) is 17.1. The molecule has 0 bridgehead atoms. The van der Waals surface area contributed by atoms with Gasteiger partial charge in [-0.25, -0.2) is 13.2 Å². The summed E-state index contributed by atoms with van der Waals surface area (Å²) in [5.41, 5.74) is 0.747. The van der Waals surface area contributed by atoms with Gasteiger partial charge in [0.05, 0.1) is 22.7 Å². The van der Waals surface area contributed by atoms with Crippen molar-refractivity contribution in [1.29, 1.82) is 0 Å². The van der Waals surface area contributed by atoms with Crippen LogP contribution in [0.2, 0.25) is 51.4 Å². The van der Waals surface area contributed by atoms with Crippen LogP contribution >= 0.6 is 0 Å². The molecule has 14 heteroatoms. The number of anilines is 1. The van der Waals surface area contributed by atoms with Crippen LogP contribution in [-0.4, -0.2) is 99.6 Å². The van der Waals surface area contributed by atoms with E-state index < -0.39 is 50.0 Å². The first kappa shape index (κ1) is 45.7. The molecule has 2 aromatic rings. The minimum atomic E-state index is -4.05. The third-order valence-corrected chi connectivity index (χ3v) is 13.2. The highest BCUT2D eigenvalue weighted by atomic mass is 32.2. The van der Waals surface area contributed by atoms with Crippen LogP contribution < -0.4 is 15.4 Å². The van der Waals surface area contributed by atoms with Crippen LogP contribution in [0.4, 0.5) is 10.5 Å². The SMILES string of the molecule is CNc1cc(S(=O)(=O)N(CC(C)C)C[C@@H](OCOCC[Si](C)(C)C)[C@H](Cc2ccccc2)NC(=O)OC(C)(C)C)ccc1OCOCC[Si](C)(C)C. The van der Waals surface area contributed by atoms with E-state index in [9.17, 15) is 13.2 Å². The third-order valence-electron chi connectivity index (χ3n) is 7.92. The summed E-state index contributed by atoms with van der Waals surface area (Å²) in [7, 11) is -4.92. The number of hydrogen-bond acceptors (Lipinski definition) is 9. The fraction of sp³-hybridized carbons (Fsp3) is 0.658. The zero-order valence-corrected chi connectivity index (χ0v) is 36.7. The number of carbonyl (C=O) groups is 1. The van der Waals surface area contributed by atoms with Gasteiger partial charge in [-0.2, -0.15) is 4.31 Å². The molecule has 52 heavy (non-hydrogen) atoms. The van der Waals surface area contributed by atoms with Gasteiger partial charge in [0.25, 0.3) is 0 Å².